The smallest absolute Gasteiger partial charge is 0.327 e. The van der Waals surface area contributed by atoms with Crippen LogP contribution in [0.4, 0.5) is 4.79 Å². The number of rotatable bonds is 5. The first-order valence-corrected chi connectivity index (χ1v) is 6.84. The van der Waals surface area contributed by atoms with Gasteiger partial charge in [0.05, 0.1) is 0 Å². The van der Waals surface area contributed by atoms with Gasteiger partial charge in [-0.05, 0) is 12.0 Å². The average Bonchev–Trinajstić information content (AvgIpc) is 2.79. The number of benzene rings is 1. The number of imide groups is 1. The zero-order valence-corrected chi connectivity index (χ0v) is 12.2. The summed E-state index contributed by atoms with van der Waals surface area (Å²) in [5, 5.41) is 2.68. The van der Waals surface area contributed by atoms with Crippen LogP contribution in [0.25, 0.3) is 0 Å². The van der Waals surface area contributed by atoms with Gasteiger partial charge in [0, 0.05) is 0 Å². The molecule has 1 aromatic carbocycles. The number of terminal acetylenes is 1. The first-order chi connectivity index (χ1) is 10.5. The third kappa shape index (κ3) is 2.66. The minimum Gasteiger partial charge on any atom is -0.451 e. The van der Waals surface area contributed by atoms with Crippen molar-refractivity contribution in [3.63, 3.8) is 0 Å². The highest BCUT2D eigenvalue weighted by molar-refractivity contribution is 6.09. The second-order valence-corrected chi connectivity index (χ2v) is 4.81. The topological polar surface area (TPSA) is 75.7 Å². The van der Waals surface area contributed by atoms with Gasteiger partial charge in [-0.15, -0.1) is 6.42 Å². The van der Waals surface area contributed by atoms with Gasteiger partial charge in [-0.2, -0.15) is 0 Å². The summed E-state index contributed by atoms with van der Waals surface area (Å²) in [5.41, 5.74) is -0.472. The first-order valence-electron chi connectivity index (χ1n) is 6.84. The van der Waals surface area contributed by atoms with E-state index in [1.165, 1.54) is 0 Å². The van der Waals surface area contributed by atoms with E-state index in [0.29, 0.717) is 12.0 Å². The fraction of sp³-hybridized carbons (Fsp3) is 0.312. The van der Waals surface area contributed by atoms with E-state index in [1.54, 1.807) is 31.2 Å². The van der Waals surface area contributed by atoms with Gasteiger partial charge in [0.25, 0.3) is 5.91 Å². The molecular formula is C16H16N2O4. The van der Waals surface area contributed by atoms with Crippen molar-refractivity contribution in [1.29, 1.82) is 0 Å². The van der Waals surface area contributed by atoms with E-state index in [4.69, 9.17) is 11.2 Å². The minimum atomic E-state index is -1.15. The Morgan fingerprint density at radius 2 is 2.05 bits per heavy atom. The molecule has 6 heteroatoms. The summed E-state index contributed by atoms with van der Waals surface area (Å²) in [6.07, 6.45) is 5.37. The molecule has 0 aromatic heterocycles. The molecule has 1 aromatic rings. The number of carbonyl (C=O) groups excluding carboxylic acids is 3. The van der Waals surface area contributed by atoms with Crippen LogP contribution >= 0.6 is 0 Å². The molecule has 1 saturated heterocycles. The van der Waals surface area contributed by atoms with Gasteiger partial charge in [-0.3, -0.25) is 14.5 Å². The Morgan fingerprint density at radius 3 is 2.64 bits per heavy atom. The zero-order valence-electron chi connectivity index (χ0n) is 12.2. The highest BCUT2D eigenvalue weighted by Crippen LogP contribution is 2.32. The van der Waals surface area contributed by atoms with Crippen LogP contribution < -0.4 is 5.32 Å². The molecule has 1 aliphatic heterocycles. The molecule has 6 nitrogen and oxygen atoms in total. The molecule has 1 fully saturated rings. The fourth-order valence-electron chi connectivity index (χ4n) is 2.43. The molecule has 0 spiro atoms. The second kappa shape index (κ2) is 6.31. The van der Waals surface area contributed by atoms with Crippen LogP contribution in [0.15, 0.2) is 30.3 Å². The maximum absolute atomic E-state index is 12.7. The monoisotopic (exact) mass is 300 g/mol. The molecular weight excluding hydrogens is 284 g/mol. The highest BCUT2D eigenvalue weighted by Gasteiger charge is 2.51. The standard InChI is InChI=1S/C16H16N2O4/c1-3-10-22-13(19)11-18-14(20)16(4-2,17-15(18)21)12-8-6-5-7-9-12/h1,5-9H,4,10-11H2,2H3,(H,17,21). The van der Waals surface area contributed by atoms with E-state index in [1.807, 2.05) is 6.07 Å². The first kappa shape index (κ1) is 15.6. The Labute approximate surface area is 128 Å². The lowest BCUT2D eigenvalue weighted by atomic mass is 9.87. The molecule has 2 rings (SSSR count). The number of ether oxygens (including phenoxy) is 1. The van der Waals surface area contributed by atoms with E-state index in [-0.39, 0.29) is 6.61 Å². The summed E-state index contributed by atoms with van der Waals surface area (Å²) in [7, 11) is 0. The predicted octanol–water partition coefficient (Wildman–Crippen LogP) is 1.02. The maximum Gasteiger partial charge on any atom is 0.327 e. The van der Waals surface area contributed by atoms with E-state index < -0.39 is 30.0 Å². The van der Waals surface area contributed by atoms with Crippen molar-refractivity contribution in [2.24, 2.45) is 0 Å². The summed E-state index contributed by atoms with van der Waals surface area (Å²) in [4.78, 5) is 37.2. The normalized spacial score (nSPS) is 20.5. The van der Waals surface area contributed by atoms with E-state index >= 15 is 0 Å². The lowest BCUT2D eigenvalue weighted by molar-refractivity contribution is -0.146. The van der Waals surface area contributed by atoms with Crippen LogP contribution in [0.2, 0.25) is 0 Å². The Morgan fingerprint density at radius 1 is 1.36 bits per heavy atom. The number of hydrogen-bond acceptors (Lipinski definition) is 4. The van der Waals surface area contributed by atoms with E-state index in [2.05, 4.69) is 11.2 Å². The summed E-state index contributed by atoms with van der Waals surface area (Å²) in [6.45, 7) is 1.15. The number of amides is 3. The van der Waals surface area contributed by atoms with Gasteiger partial charge in [-0.1, -0.05) is 43.2 Å². The molecule has 0 bridgehead atoms. The Hall–Kier alpha value is -2.81. The van der Waals surface area contributed by atoms with Crippen LogP contribution in [0.1, 0.15) is 18.9 Å². The van der Waals surface area contributed by atoms with Crippen molar-refractivity contribution in [3.8, 4) is 12.3 Å². The van der Waals surface area contributed by atoms with Crippen molar-refractivity contribution in [3.05, 3.63) is 35.9 Å². The number of esters is 1. The van der Waals surface area contributed by atoms with Crippen molar-refractivity contribution < 1.29 is 19.1 Å². The quantitative estimate of drug-likeness (QED) is 0.500. The Bertz CT molecular complexity index is 635. The average molecular weight is 300 g/mol. The molecule has 22 heavy (non-hydrogen) atoms. The molecule has 1 aliphatic rings. The summed E-state index contributed by atoms with van der Waals surface area (Å²) < 4.78 is 4.71. The van der Waals surface area contributed by atoms with Gasteiger partial charge >= 0.3 is 12.0 Å². The van der Waals surface area contributed by atoms with Crippen LogP contribution in [0.3, 0.4) is 0 Å². The minimum absolute atomic E-state index is 0.194. The SMILES string of the molecule is C#CCOC(=O)CN1C(=O)NC(CC)(c2ccccc2)C1=O. The molecule has 1 N–H and O–H groups in total. The zero-order chi connectivity index (χ0) is 16.2. The Kier molecular flexibility index (Phi) is 4.47. The number of nitrogens with one attached hydrogen (secondary N) is 1. The molecule has 0 aliphatic carbocycles. The lowest BCUT2D eigenvalue weighted by Gasteiger charge is -2.25. The predicted molar refractivity (Wildman–Crippen MR) is 78.4 cm³/mol. The van der Waals surface area contributed by atoms with Crippen molar-refractivity contribution in [2.45, 2.75) is 18.9 Å². The number of carbonyl (C=O) groups is 3. The van der Waals surface area contributed by atoms with Gasteiger partial charge in [0.1, 0.15) is 12.1 Å². The van der Waals surface area contributed by atoms with E-state index in [0.717, 1.165) is 4.90 Å². The van der Waals surface area contributed by atoms with Crippen LogP contribution in [0, 0.1) is 12.3 Å². The fourth-order valence-corrected chi connectivity index (χ4v) is 2.43. The Balaban J connectivity index is 2.24. The molecule has 0 saturated carbocycles. The third-order valence-corrected chi connectivity index (χ3v) is 3.58. The number of nitrogens with zero attached hydrogens (tertiary/aromatic N) is 1. The van der Waals surface area contributed by atoms with Crippen molar-refractivity contribution in [2.75, 3.05) is 13.2 Å². The van der Waals surface area contributed by atoms with Crippen LogP contribution in [-0.2, 0) is 19.9 Å². The second-order valence-electron chi connectivity index (χ2n) is 4.81. The molecule has 114 valence electrons. The maximum atomic E-state index is 12.7. The van der Waals surface area contributed by atoms with Crippen LogP contribution in [0.5, 0.6) is 0 Å². The van der Waals surface area contributed by atoms with Gasteiger partial charge in [0.2, 0.25) is 0 Å². The largest absolute Gasteiger partial charge is 0.451 e. The number of hydrogen-bond donors (Lipinski definition) is 1. The summed E-state index contributed by atoms with van der Waals surface area (Å²) in [6, 6.07) is 8.31. The van der Waals surface area contributed by atoms with Crippen molar-refractivity contribution >= 4 is 17.9 Å². The molecule has 1 atom stereocenters. The van der Waals surface area contributed by atoms with Crippen molar-refractivity contribution in [1.82, 2.24) is 10.2 Å². The molecule has 1 unspecified atom stereocenters. The van der Waals surface area contributed by atoms with Gasteiger partial charge in [-0.25, -0.2) is 4.79 Å². The van der Waals surface area contributed by atoms with Gasteiger partial charge < -0.3 is 10.1 Å². The number of urea groups is 1. The van der Waals surface area contributed by atoms with Gasteiger partial charge in [0.15, 0.2) is 6.61 Å². The highest BCUT2D eigenvalue weighted by atomic mass is 16.5. The summed E-state index contributed by atoms with van der Waals surface area (Å²) in [5.74, 6) is 0.963. The molecule has 0 radical (unpaired) electrons. The third-order valence-electron chi connectivity index (χ3n) is 3.58. The molecule has 3 amide bonds. The van der Waals surface area contributed by atoms with E-state index in [9.17, 15) is 14.4 Å². The summed E-state index contributed by atoms with van der Waals surface area (Å²) >= 11 is 0. The lowest BCUT2D eigenvalue weighted by Crippen LogP contribution is -2.44. The van der Waals surface area contributed by atoms with Crippen LogP contribution in [-0.4, -0.2) is 36.0 Å². The molecule has 1 heterocycles.